The first kappa shape index (κ1) is 20.2. The van der Waals surface area contributed by atoms with Gasteiger partial charge in [0, 0.05) is 11.4 Å². The summed E-state index contributed by atoms with van der Waals surface area (Å²) in [6.07, 6.45) is -3.28. The first-order valence-corrected chi connectivity index (χ1v) is 9.80. The number of nitrogens with one attached hydrogen (secondary N) is 2. The number of carbonyl (C=O) groups is 2. The first-order chi connectivity index (χ1) is 14.5. The average Bonchev–Trinajstić information content (AvgIpc) is 3.29. The number of hydrogen-bond acceptors (Lipinski definition) is 6. The maximum Gasteiger partial charge on any atom is 0.412 e. The molecule has 30 heavy (non-hydrogen) atoms. The van der Waals surface area contributed by atoms with E-state index in [0.29, 0.717) is 11.4 Å². The van der Waals surface area contributed by atoms with Crippen molar-refractivity contribution in [1.29, 1.82) is 0 Å². The molecule has 2 fully saturated rings. The third-order valence-electron chi connectivity index (χ3n) is 5.08. The quantitative estimate of drug-likeness (QED) is 0.796. The van der Waals surface area contributed by atoms with E-state index < -0.39 is 36.6 Å². The predicted octanol–water partition coefficient (Wildman–Crippen LogP) is 3.64. The van der Waals surface area contributed by atoms with Crippen LogP contribution in [0.1, 0.15) is 11.1 Å². The molecule has 0 aliphatic carbocycles. The summed E-state index contributed by atoms with van der Waals surface area (Å²) in [5.41, 5.74) is 3.47. The summed E-state index contributed by atoms with van der Waals surface area (Å²) in [4.78, 5) is 24.4. The van der Waals surface area contributed by atoms with Crippen molar-refractivity contribution in [3.63, 3.8) is 0 Å². The van der Waals surface area contributed by atoms with Crippen molar-refractivity contribution in [1.82, 2.24) is 0 Å². The van der Waals surface area contributed by atoms with E-state index in [0.717, 1.165) is 11.1 Å². The van der Waals surface area contributed by atoms with Gasteiger partial charge in [0.05, 0.1) is 13.2 Å². The Balaban J connectivity index is 1.27. The number of amides is 2. The minimum absolute atomic E-state index is 0.177. The van der Waals surface area contributed by atoms with Gasteiger partial charge in [0.15, 0.2) is 12.2 Å². The minimum atomic E-state index is -0.585. The summed E-state index contributed by atoms with van der Waals surface area (Å²) in [5, 5.41) is 5.37. The van der Waals surface area contributed by atoms with Crippen LogP contribution in [0.2, 0.25) is 0 Å². The second kappa shape index (κ2) is 8.73. The molecule has 2 aliphatic rings. The molecule has 4 rings (SSSR count). The summed E-state index contributed by atoms with van der Waals surface area (Å²) < 4.78 is 22.3. The van der Waals surface area contributed by atoms with E-state index >= 15 is 0 Å². The van der Waals surface area contributed by atoms with Crippen molar-refractivity contribution in [2.75, 3.05) is 23.8 Å². The van der Waals surface area contributed by atoms with Crippen molar-refractivity contribution in [3.8, 4) is 0 Å². The molecule has 2 aromatic rings. The Labute approximate surface area is 174 Å². The zero-order chi connectivity index (χ0) is 21.1. The SMILES string of the molecule is Cc1ccc(NC(=O)O[C@H]2CO[C@H]3[C@@H]2OC[C@@H]3OC(=O)Nc2ccc(C)cc2)cc1. The lowest BCUT2D eigenvalue weighted by atomic mass is 10.1. The lowest BCUT2D eigenvalue weighted by Gasteiger charge is -2.17. The van der Waals surface area contributed by atoms with E-state index in [1.807, 2.05) is 38.1 Å². The van der Waals surface area contributed by atoms with Crippen LogP contribution < -0.4 is 10.6 Å². The normalized spacial score (nSPS) is 24.7. The highest BCUT2D eigenvalue weighted by Crippen LogP contribution is 2.31. The molecule has 2 N–H and O–H groups in total. The second-order valence-electron chi connectivity index (χ2n) is 7.47. The summed E-state index contributed by atoms with van der Waals surface area (Å²) in [5.74, 6) is 0. The molecule has 8 nitrogen and oxygen atoms in total. The Kier molecular flexibility index (Phi) is 5.87. The molecule has 0 spiro atoms. The second-order valence-corrected chi connectivity index (χ2v) is 7.47. The number of fused-ring (bicyclic) bond motifs is 1. The molecule has 2 amide bonds. The highest BCUT2D eigenvalue weighted by molar-refractivity contribution is 5.85. The number of anilines is 2. The molecule has 8 heteroatoms. The molecule has 0 radical (unpaired) electrons. The molecule has 0 unspecified atom stereocenters. The van der Waals surface area contributed by atoms with E-state index in [-0.39, 0.29) is 13.2 Å². The van der Waals surface area contributed by atoms with Crippen LogP contribution in [0.5, 0.6) is 0 Å². The number of rotatable bonds is 4. The third kappa shape index (κ3) is 4.72. The molecule has 158 valence electrons. The highest BCUT2D eigenvalue weighted by atomic mass is 16.7. The van der Waals surface area contributed by atoms with Crippen LogP contribution in [0.4, 0.5) is 21.0 Å². The van der Waals surface area contributed by atoms with E-state index in [2.05, 4.69) is 10.6 Å². The topological polar surface area (TPSA) is 95.1 Å². The molecule has 0 bridgehead atoms. The summed E-state index contributed by atoms with van der Waals surface area (Å²) >= 11 is 0. The average molecular weight is 412 g/mol. The maximum atomic E-state index is 12.2. The fourth-order valence-electron chi connectivity index (χ4n) is 3.47. The fraction of sp³-hybridized carbons (Fsp3) is 0.364. The van der Waals surface area contributed by atoms with Crippen LogP contribution in [0.15, 0.2) is 48.5 Å². The monoisotopic (exact) mass is 412 g/mol. The minimum Gasteiger partial charge on any atom is -0.441 e. The molecule has 2 aliphatic heterocycles. The van der Waals surface area contributed by atoms with Crippen molar-refractivity contribution in [2.24, 2.45) is 0 Å². The first-order valence-electron chi connectivity index (χ1n) is 9.80. The van der Waals surface area contributed by atoms with Gasteiger partial charge in [0.1, 0.15) is 12.2 Å². The van der Waals surface area contributed by atoms with E-state index in [4.69, 9.17) is 18.9 Å². The van der Waals surface area contributed by atoms with Gasteiger partial charge in [-0.2, -0.15) is 0 Å². The van der Waals surface area contributed by atoms with Gasteiger partial charge in [-0.25, -0.2) is 9.59 Å². The smallest absolute Gasteiger partial charge is 0.412 e. The van der Waals surface area contributed by atoms with Crippen LogP contribution in [-0.4, -0.2) is 49.8 Å². The Bertz CT molecular complexity index is 823. The van der Waals surface area contributed by atoms with Gasteiger partial charge in [-0.3, -0.25) is 10.6 Å². The molecular weight excluding hydrogens is 388 g/mol. The Morgan fingerprint density at radius 2 is 1.10 bits per heavy atom. The highest BCUT2D eigenvalue weighted by Gasteiger charge is 2.51. The van der Waals surface area contributed by atoms with Crippen LogP contribution >= 0.6 is 0 Å². The number of carbonyl (C=O) groups excluding carboxylic acids is 2. The molecule has 2 saturated heterocycles. The Hall–Kier alpha value is -3.10. The molecule has 0 aromatic heterocycles. The number of ether oxygens (including phenoxy) is 4. The maximum absolute atomic E-state index is 12.2. The Morgan fingerprint density at radius 3 is 1.47 bits per heavy atom. The third-order valence-corrected chi connectivity index (χ3v) is 5.08. The van der Waals surface area contributed by atoms with Gasteiger partial charge in [-0.1, -0.05) is 35.4 Å². The van der Waals surface area contributed by atoms with Gasteiger partial charge in [0.25, 0.3) is 0 Å². The zero-order valence-electron chi connectivity index (χ0n) is 16.8. The van der Waals surface area contributed by atoms with Gasteiger partial charge in [-0.15, -0.1) is 0 Å². The lowest BCUT2D eigenvalue weighted by molar-refractivity contribution is -0.00697. The number of benzene rings is 2. The molecular formula is C22H24N2O6. The van der Waals surface area contributed by atoms with E-state index in [1.54, 1.807) is 24.3 Å². The number of aryl methyl sites for hydroxylation is 2. The van der Waals surface area contributed by atoms with Crippen LogP contribution in [0, 0.1) is 13.8 Å². The number of hydrogen-bond donors (Lipinski definition) is 2. The van der Waals surface area contributed by atoms with Crippen molar-refractivity contribution >= 4 is 23.6 Å². The summed E-state index contributed by atoms with van der Waals surface area (Å²) in [6, 6.07) is 14.8. The standard InChI is InChI=1S/C22H24N2O6/c1-13-3-7-15(8-4-13)23-21(25)29-17-11-27-20-18(12-28-19(17)20)30-22(26)24-16-9-5-14(2)6-10-16/h3-10,17-20H,11-12H2,1-2H3,(H,23,25)(H,24,26)/t17-,18-,19+,20+/m0/s1. The molecule has 2 aromatic carbocycles. The van der Waals surface area contributed by atoms with Crippen LogP contribution in [-0.2, 0) is 18.9 Å². The predicted molar refractivity (Wildman–Crippen MR) is 110 cm³/mol. The fourth-order valence-corrected chi connectivity index (χ4v) is 3.47. The van der Waals surface area contributed by atoms with Crippen molar-refractivity contribution < 1.29 is 28.5 Å². The van der Waals surface area contributed by atoms with Crippen molar-refractivity contribution in [3.05, 3.63) is 59.7 Å². The lowest BCUT2D eigenvalue weighted by Crippen LogP contribution is -2.37. The van der Waals surface area contributed by atoms with Gasteiger partial charge < -0.3 is 18.9 Å². The zero-order valence-corrected chi connectivity index (χ0v) is 16.8. The molecule has 0 saturated carbocycles. The molecule has 4 atom stereocenters. The van der Waals surface area contributed by atoms with Gasteiger partial charge in [0.2, 0.25) is 0 Å². The summed E-state index contributed by atoms with van der Waals surface area (Å²) in [6.45, 7) is 4.29. The van der Waals surface area contributed by atoms with Crippen molar-refractivity contribution in [2.45, 2.75) is 38.3 Å². The summed E-state index contributed by atoms with van der Waals surface area (Å²) in [7, 11) is 0. The largest absolute Gasteiger partial charge is 0.441 e. The van der Waals surface area contributed by atoms with E-state index in [1.165, 1.54) is 0 Å². The van der Waals surface area contributed by atoms with Crippen LogP contribution in [0.3, 0.4) is 0 Å². The van der Waals surface area contributed by atoms with Crippen LogP contribution in [0.25, 0.3) is 0 Å². The van der Waals surface area contributed by atoms with Gasteiger partial charge >= 0.3 is 12.2 Å². The molecule has 2 heterocycles. The Morgan fingerprint density at radius 1 is 0.733 bits per heavy atom. The van der Waals surface area contributed by atoms with E-state index in [9.17, 15) is 9.59 Å². The van der Waals surface area contributed by atoms with Gasteiger partial charge in [-0.05, 0) is 38.1 Å².